The molecular weight excluding hydrogens is 328 g/mol. The number of carbonyl (C=O) groups is 1. The van der Waals surface area contributed by atoms with Crippen molar-refractivity contribution < 1.29 is 23.4 Å². The summed E-state index contributed by atoms with van der Waals surface area (Å²) in [4.78, 5) is 12.0. The zero-order valence-corrected chi connectivity index (χ0v) is 14.1. The van der Waals surface area contributed by atoms with Crippen LogP contribution in [0.15, 0.2) is 42.5 Å². The molecule has 0 fully saturated rings. The number of rotatable bonds is 7. The van der Waals surface area contributed by atoms with Gasteiger partial charge in [-0.2, -0.15) is 0 Å². The Morgan fingerprint density at radius 1 is 1.20 bits per heavy atom. The molecule has 2 N–H and O–H groups in total. The van der Waals surface area contributed by atoms with Crippen LogP contribution in [0.1, 0.15) is 30.6 Å². The van der Waals surface area contributed by atoms with Crippen LogP contribution in [0.3, 0.4) is 0 Å². The minimum Gasteiger partial charge on any atom is -0.497 e. The number of benzene rings is 2. The van der Waals surface area contributed by atoms with Crippen molar-refractivity contribution in [2.75, 3.05) is 7.11 Å². The molecule has 4 nitrogen and oxygen atoms in total. The van der Waals surface area contributed by atoms with E-state index in [-0.39, 0.29) is 24.3 Å². The number of hydrogen-bond acceptors (Lipinski definition) is 3. The predicted octanol–water partition coefficient (Wildman–Crippen LogP) is 3.14. The quantitative estimate of drug-likeness (QED) is 0.807. The van der Waals surface area contributed by atoms with Crippen LogP contribution < -0.4 is 10.1 Å². The highest BCUT2D eigenvalue weighted by Crippen LogP contribution is 2.20. The lowest BCUT2D eigenvalue weighted by molar-refractivity contribution is -0.122. The second-order valence-electron chi connectivity index (χ2n) is 5.79. The predicted molar refractivity (Wildman–Crippen MR) is 90.2 cm³/mol. The topological polar surface area (TPSA) is 58.6 Å². The van der Waals surface area contributed by atoms with Crippen LogP contribution in [0.5, 0.6) is 5.75 Å². The van der Waals surface area contributed by atoms with Crippen LogP contribution in [0.25, 0.3) is 0 Å². The fourth-order valence-electron chi connectivity index (χ4n) is 2.48. The number of aliphatic hydroxyl groups is 1. The van der Waals surface area contributed by atoms with Gasteiger partial charge in [0.2, 0.25) is 5.91 Å². The van der Waals surface area contributed by atoms with Gasteiger partial charge in [-0.15, -0.1) is 0 Å². The Morgan fingerprint density at radius 3 is 2.52 bits per heavy atom. The van der Waals surface area contributed by atoms with Gasteiger partial charge >= 0.3 is 0 Å². The van der Waals surface area contributed by atoms with Crippen molar-refractivity contribution in [2.24, 2.45) is 0 Å². The van der Waals surface area contributed by atoms with E-state index in [0.717, 1.165) is 6.07 Å². The smallest absolute Gasteiger partial charge is 0.220 e. The SMILES string of the molecule is COc1ccc(C(O)C(C)NC(=O)CCc2cccc(F)c2F)cc1. The maximum absolute atomic E-state index is 13.6. The van der Waals surface area contributed by atoms with E-state index in [1.165, 1.54) is 12.1 Å². The molecule has 0 aliphatic carbocycles. The summed E-state index contributed by atoms with van der Waals surface area (Å²) in [5.74, 6) is -1.53. The highest BCUT2D eigenvalue weighted by atomic mass is 19.2. The molecule has 2 aromatic rings. The number of aryl methyl sites for hydroxylation is 1. The van der Waals surface area contributed by atoms with Gasteiger partial charge < -0.3 is 15.2 Å². The van der Waals surface area contributed by atoms with Gasteiger partial charge in [-0.1, -0.05) is 24.3 Å². The lowest BCUT2D eigenvalue weighted by Crippen LogP contribution is -2.37. The molecular formula is C19H21F2NO3. The highest BCUT2D eigenvalue weighted by Gasteiger charge is 2.19. The van der Waals surface area contributed by atoms with Crippen molar-refractivity contribution in [3.8, 4) is 5.75 Å². The fourth-order valence-corrected chi connectivity index (χ4v) is 2.48. The standard InChI is InChI=1S/C19H21F2NO3/c1-12(19(24)14-6-9-15(25-2)10-7-14)22-17(23)11-8-13-4-3-5-16(20)18(13)21/h3-7,9-10,12,19,24H,8,11H2,1-2H3,(H,22,23). The summed E-state index contributed by atoms with van der Waals surface area (Å²) in [6.07, 6.45) is -0.804. The first-order valence-electron chi connectivity index (χ1n) is 7.96. The summed E-state index contributed by atoms with van der Waals surface area (Å²) in [7, 11) is 1.55. The average molecular weight is 349 g/mol. The molecule has 134 valence electrons. The molecule has 2 rings (SSSR count). The second kappa shape index (κ2) is 8.58. The third-order valence-corrected chi connectivity index (χ3v) is 3.97. The Morgan fingerprint density at radius 2 is 1.88 bits per heavy atom. The lowest BCUT2D eigenvalue weighted by Gasteiger charge is -2.21. The summed E-state index contributed by atoms with van der Waals surface area (Å²) in [5.41, 5.74) is 0.795. The van der Waals surface area contributed by atoms with Gasteiger partial charge in [0.05, 0.1) is 19.3 Å². The highest BCUT2D eigenvalue weighted by molar-refractivity contribution is 5.76. The van der Waals surface area contributed by atoms with E-state index >= 15 is 0 Å². The first-order valence-corrected chi connectivity index (χ1v) is 7.96. The Bertz CT molecular complexity index is 719. The first kappa shape index (κ1) is 18.9. The molecule has 2 atom stereocenters. The molecule has 0 spiro atoms. The van der Waals surface area contributed by atoms with Crippen LogP contribution in [-0.4, -0.2) is 24.2 Å². The third kappa shape index (κ3) is 5.00. The Kier molecular flexibility index (Phi) is 6.47. The van der Waals surface area contributed by atoms with Gasteiger partial charge in [-0.25, -0.2) is 8.78 Å². The van der Waals surface area contributed by atoms with Gasteiger partial charge in [0, 0.05) is 6.42 Å². The minimum atomic E-state index is -0.929. The number of aliphatic hydroxyl groups excluding tert-OH is 1. The minimum absolute atomic E-state index is 0.0000455. The number of methoxy groups -OCH3 is 1. The molecule has 0 aromatic heterocycles. The summed E-state index contributed by atoms with van der Waals surface area (Å²) < 4.78 is 31.8. The fraction of sp³-hybridized carbons (Fsp3) is 0.316. The van der Waals surface area contributed by atoms with Gasteiger partial charge in [0.1, 0.15) is 5.75 Å². The zero-order valence-electron chi connectivity index (χ0n) is 14.1. The van der Waals surface area contributed by atoms with Crippen molar-refractivity contribution in [3.05, 3.63) is 65.2 Å². The molecule has 0 saturated carbocycles. The van der Waals surface area contributed by atoms with Crippen LogP contribution in [0, 0.1) is 11.6 Å². The molecule has 25 heavy (non-hydrogen) atoms. The number of halogens is 2. The van der Waals surface area contributed by atoms with Crippen LogP contribution >= 0.6 is 0 Å². The molecule has 6 heteroatoms. The van der Waals surface area contributed by atoms with Crippen molar-refractivity contribution in [3.63, 3.8) is 0 Å². The number of ether oxygens (including phenoxy) is 1. The van der Waals surface area contributed by atoms with E-state index in [1.807, 2.05) is 0 Å². The average Bonchev–Trinajstić information content (AvgIpc) is 2.62. The molecule has 2 aromatic carbocycles. The van der Waals surface area contributed by atoms with Crippen molar-refractivity contribution in [1.29, 1.82) is 0 Å². The van der Waals surface area contributed by atoms with E-state index in [1.54, 1.807) is 38.3 Å². The molecule has 1 amide bonds. The largest absolute Gasteiger partial charge is 0.497 e. The maximum Gasteiger partial charge on any atom is 0.220 e. The molecule has 0 aliphatic heterocycles. The van der Waals surface area contributed by atoms with E-state index in [4.69, 9.17) is 4.74 Å². The molecule has 0 radical (unpaired) electrons. The van der Waals surface area contributed by atoms with Crippen LogP contribution in [0.4, 0.5) is 8.78 Å². The van der Waals surface area contributed by atoms with Crippen molar-refractivity contribution in [1.82, 2.24) is 5.32 Å². The van der Waals surface area contributed by atoms with Crippen LogP contribution in [-0.2, 0) is 11.2 Å². The maximum atomic E-state index is 13.6. The number of hydrogen-bond donors (Lipinski definition) is 2. The first-order chi connectivity index (χ1) is 11.9. The molecule has 0 heterocycles. The van der Waals surface area contributed by atoms with E-state index in [9.17, 15) is 18.7 Å². The monoisotopic (exact) mass is 349 g/mol. The number of nitrogens with one attached hydrogen (secondary N) is 1. The summed E-state index contributed by atoms with van der Waals surface area (Å²) in [6, 6.07) is 10.2. The third-order valence-electron chi connectivity index (χ3n) is 3.97. The normalized spacial score (nSPS) is 13.2. The molecule has 0 bridgehead atoms. The van der Waals surface area contributed by atoms with E-state index < -0.39 is 23.8 Å². The van der Waals surface area contributed by atoms with Crippen molar-refractivity contribution in [2.45, 2.75) is 31.9 Å². The van der Waals surface area contributed by atoms with Crippen molar-refractivity contribution >= 4 is 5.91 Å². The van der Waals surface area contributed by atoms with E-state index in [2.05, 4.69) is 5.32 Å². The van der Waals surface area contributed by atoms with E-state index in [0.29, 0.717) is 11.3 Å². The lowest BCUT2D eigenvalue weighted by atomic mass is 10.0. The number of amides is 1. The summed E-state index contributed by atoms with van der Waals surface area (Å²) in [5, 5.41) is 13.0. The Labute approximate surface area is 145 Å². The summed E-state index contributed by atoms with van der Waals surface area (Å²) >= 11 is 0. The summed E-state index contributed by atoms with van der Waals surface area (Å²) in [6.45, 7) is 1.68. The zero-order chi connectivity index (χ0) is 18.4. The van der Waals surface area contributed by atoms with Crippen LogP contribution in [0.2, 0.25) is 0 Å². The van der Waals surface area contributed by atoms with Gasteiger partial charge in [0.15, 0.2) is 11.6 Å². The second-order valence-corrected chi connectivity index (χ2v) is 5.79. The van der Waals surface area contributed by atoms with Gasteiger partial charge in [-0.3, -0.25) is 4.79 Å². The number of carbonyl (C=O) groups excluding carboxylic acids is 1. The molecule has 0 aliphatic rings. The Balaban J connectivity index is 1.89. The Hall–Kier alpha value is -2.47. The molecule has 0 saturated heterocycles. The van der Waals surface area contributed by atoms with Gasteiger partial charge in [0.25, 0.3) is 0 Å². The molecule has 2 unspecified atom stereocenters. The van der Waals surface area contributed by atoms with Gasteiger partial charge in [-0.05, 0) is 42.7 Å².